The Morgan fingerprint density at radius 3 is 2.17 bits per heavy atom. The van der Waals surface area contributed by atoms with Crippen LogP contribution >= 0.6 is 12.4 Å². The number of nitrogens with zero attached hydrogens (tertiary/aromatic N) is 2. The minimum absolute atomic E-state index is 0. The SMILES string of the molecule is Cc1nn(C)c(C(N)=O)c1C.Cl. The Balaban J connectivity index is 0.00000121. The second-order valence-electron chi connectivity index (χ2n) is 2.55. The van der Waals surface area contributed by atoms with Gasteiger partial charge < -0.3 is 5.73 Å². The lowest BCUT2D eigenvalue weighted by Gasteiger charge is -1.95. The van der Waals surface area contributed by atoms with Gasteiger partial charge in [0.05, 0.1) is 5.69 Å². The van der Waals surface area contributed by atoms with Gasteiger partial charge in [0.2, 0.25) is 0 Å². The molecule has 0 saturated heterocycles. The molecule has 0 bridgehead atoms. The highest BCUT2D eigenvalue weighted by Gasteiger charge is 2.12. The van der Waals surface area contributed by atoms with E-state index in [1.54, 1.807) is 7.05 Å². The Morgan fingerprint density at radius 2 is 2.00 bits per heavy atom. The maximum absolute atomic E-state index is 10.8. The fourth-order valence-corrected chi connectivity index (χ4v) is 1.11. The molecular formula is C7H12ClN3O. The molecule has 0 atom stereocenters. The van der Waals surface area contributed by atoms with Crippen LogP contribution in [0.4, 0.5) is 0 Å². The van der Waals surface area contributed by atoms with Crippen LogP contribution in [0, 0.1) is 13.8 Å². The number of rotatable bonds is 1. The molecule has 12 heavy (non-hydrogen) atoms. The summed E-state index contributed by atoms with van der Waals surface area (Å²) in [5.74, 6) is -0.425. The summed E-state index contributed by atoms with van der Waals surface area (Å²) in [4.78, 5) is 10.8. The second kappa shape index (κ2) is 3.58. The highest BCUT2D eigenvalue weighted by molar-refractivity contribution is 5.92. The standard InChI is InChI=1S/C7H11N3O.ClH/c1-4-5(2)9-10(3)6(4)7(8)11;/h1-3H3,(H2,8,11);1H. The Bertz CT molecular complexity index is 306. The molecule has 0 unspecified atom stereocenters. The normalized spacial score (nSPS) is 9.25. The molecule has 1 aromatic rings. The van der Waals surface area contributed by atoms with Crippen LogP contribution in [0.15, 0.2) is 0 Å². The maximum Gasteiger partial charge on any atom is 0.267 e. The van der Waals surface area contributed by atoms with E-state index in [9.17, 15) is 4.79 Å². The molecular weight excluding hydrogens is 178 g/mol. The van der Waals surface area contributed by atoms with E-state index < -0.39 is 5.91 Å². The van der Waals surface area contributed by atoms with Crippen molar-refractivity contribution in [2.45, 2.75) is 13.8 Å². The van der Waals surface area contributed by atoms with Crippen molar-refractivity contribution in [3.63, 3.8) is 0 Å². The number of aryl methyl sites for hydroxylation is 2. The number of hydrogen-bond donors (Lipinski definition) is 1. The van der Waals surface area contributed by atoms with Gasteiger partial charge in [0.15, 0.2) is 0 Å². The van der Waals surface area contributed by atoms with Crippen LogP contribution in [0.25, 0.3) is 0 Å². The van der Waals surface area contributed by atoms with Gasteiger partial charge in [-0.15, -0.1) is 12.4 Å². The van der Waals surface area contributed by atoms with Crippen molar-refractivity contribution >= 4 is 18.3 Å². The van der Waals surface area contributed by atoms with Crippen molar-refractivity contribution in [3.05, 3.63) is 17.0 Å². The van der Waals surface area contributed by atoms with E-state index in [0.717, 1.165) is 11.3 Å². The second-order valence-corrected chi connectivity index (χ2v) is 2.55. The van der Waals surface area contributed by atoms with Crippen LogP contribution in [0.5, 0.6) is 0 Å². The molecule has 0 aromatic carbocycles. The van der Waals surface area contributed by atoms with E-state index in [1.807, 2.05) is 13.8 Å². The van der Waals surface area contributed by atoms with Crippen molar-refractivity contribution in [2.75, 3.05) is 0 Å². The van der Waals surface area contributed by atoms with Gasteiger partial charge in [0, 0.05) is 12.6 Å². The lowest BCUT2D eigenvalue weighted by atomic mass is 10.2. The monoisotopic (exact) mass is 189 g/mol. The molecule has 0 spiro atoms. The van der Waals surface area contributed by atoms with E-state index in [2.05, 4.69) is 5.10 Å². The number of aromatic nitrogens is 2. The number of primary amides is 1. The molecule has 1 rings (SSSR count). The summed E-state index contributed by atoms with van der Waals surface area (Å²) in [6, 6.07) is 0. The van der Waals surface area contributed by atoms with Crippen molar-refractivity contribution in [1.29, 1.82) is 0 Å². The third kappa shape index (κ3) is 1.58. The predicted octanol–water partition coefficient (Wildman–Crippen LogP) is 0.558. The summed E-state index contributed by atoms with van der Waals surface area (Å²) in [7, 11) is 1.71. The molecule has 0 saturated carbocycles. The van der Waals surface area contributed by atoms with Gasteiger partial charge in [-0.1, -0.05) is 0 Å². The fraction of sp³-hybridized carbons (Fsp3) is 0.429. The van der Waals surface area contributed by atoms with Gasteiger partial charge in [-0.25, -0.2) is 0 Å². The zero-order chi connectivity index (χ0) is 8.59. The van der Waals surface area contributed by atoms with Gasteiger partial charge in [-0.3, -0.25) is 9.48 Å². The highest BCUT2D eigenvalue weighted by Crippen LogP contribution is 2.09. The first kappa shape index (κ1) is 11.0. The van der Waals surface area contributed by atoms with Crippen molar-refractivity contribution in [2.24, 2.45) is 12.8 Å². The van der Waals surface area contributed by atoms with E-state index in [4.69, 9.17) is 5.73 Å². The average molecular weight is 190 g/mol. The zero-order valence-corrected chi connectivity index (χ0v) is 8.10. The number of carbonyl (C=O) groups excluding carboxylic acids is 1. The number of carbonyl (C=O) groups is 1. The van der Waals surface area contributed by atoms with Crippen LogP contribution in [-0.4, -0.2) is 15.7 Å². The van der Waals surface area contributed by atoms with Gasteiger partial charge in [0.1, 0.15) is 5.69 Å². The smallest absolute Gasteiger partial charge is 0.267 e. The van der Waals surface area contributed by atoms with E-state index >= 15 is 0 Å². The minimum Gasteiger partial charge on any atom is -0.364 e. The first-order chi connectivity index (χ1) is 5.04. The van der Waals surface area contributed by atoms with Crippen LogP contribution in [0.1, 0.15) is 21.7 Å². The van der Waals surface area contributed by atoms with Gasteiger partial charge >= 0.3 is 0 Å². The van der Waals surface area contributed by atoms with E-state index in [1.165, 1.54) is 4.68 Å². The number of amides is 1. The Kier molecular flexibility index (Phi) is 3.27. The van der Waals surface area contributed by atoms with Gasteiger partial charge in [-0.05, 0) is 13.8 Å². The molecule has 0 aliphatic rings. The van der Waals surface area contributed by atoms with E-state index in [-0.39, 0.29) is 12.4 Å². The van der Waals surface area contributed by atoms with Gasteiger partial charge in [-0.2, -0.15) is 5.10 Å². The summed E-state index contributed by atoms with van der Waals surface area (Å²) >= 11 is 0. The Labute approximate surface area is 77.2 Å². The molecule has 1 aromatic heterocycles. The number of halogens is 1. The summed E-state index contributed by atoms with van der Waals surface area (Å²) in [5, 5.41) is 4.05. The third-order valence-electron chi connectivity index (χ3n) is 1.75. The molecule has 5 heteroatoms. The Hall–Kier alpha value is -1.03. The molecule has 0 aliphatic carbocycles. The minimum atomic E-state index is -0.425. The van der Waals surface area contributed by atoms with Crippen LogP contribution in [0.3, 0.4) is 0 Å². The molecule has 0 aliphatic heterocycles. The summed E-state index contributed by atoms with van der Waals surface area (Å²) < 4.78 is 1.51. The number of hydrogen-bond acceptors (Lipinski definition) is 2. The first-order valence-electron chi connectivity index (χ1n) is 3.34. The first-order valence-corrected chi connectivity index (χ1v) is 3.34. The topological polar surface area (TPSA) is 60.9 Å². The maximum atomic E-state index is 10.8. The lowest BCUT2D eigenvalue weighted by molar-refractivity contribution is 0.0991. The van der Waals surface area contributed by atoms with Crippen molar-refractivity contribution < 1.29 is 4.79 Å². The van der Waals surface area contributed by atoms with Crippen LogP contribution < -0.4 is 5.73 Å². The van der Waals surface area contributed by atoms with Crippen LogP contribution in [-0.2, 0) is 7.05 Å². The molecule has 68 valence electrons. The zero-order valence-electron chi connectivity index (χ0n) is 7.29. The van der Waals surface area contributed by atoms with Crippen molar-refractivity contribution in [1.82, 2.24) is 9.78 Å². The predicted molar refractivity (Wildman–Crippen MR) is 48.4 cm³/mol. The van der Waals surface area contributed by atoms with Gasteiger partial charge in [0.25, 0.3) is 5.91 Å². The van der Waals surface area contributed by atoms with E-state index in [0.29, 0.717) is 5.69 Å². The quantitative estimate of drug-likeness (QED) is 0.702. The third-order valence-corrected chi connectivity index (χ3v) is 1.75. The number of nitrogens with two attached hydrogens (primary N) is 1. The molecule has 1 amide bonds. The summed E-state index contributed by atoms with van der Waals surface area (Å²) in [6.45, 7) is 3.68. The van der Waals surface area contributed by atoms with Crippen molar-refractivity contribution in [3.8, 4) is 0 Å². The summed E-state index contributed by atoms with van der Waals surface area (Å²) in [5.41, 5.74) is 7.33. The Morgan fingerprint density at radius 1 is 1.50 bits per heavy atom. The molecule has 2 N–H and O–H groups in total. The average Bonchev–Trinajstić information content (AvgIpc) is 2.07. The fourth-order valence-electron chi connectivity index (χ4n) is 1.11. The highest BCUT2D eigenvalue weighted by atomic mass is 35.5. The molecule has 0 radical (unpaired) electrons. The molecule has 4 nitrogen and oxygen atoms in total. The summed E-state index contributed by atoms with van der Waals surface area (Å²) in [6.07, 6.45) is 0. The molecule has 0 fully saturated rings. The van der Waals surface area contributed by atoms with Crippen LogP contribution in [0.2, 0.25) is 0 Å². The lowest BCUT2D eigenvalue weighted by Crippen LogP contribution is -2.16. The molecule has 1 heterocycles. The largest absolute Gasteiger partial charge is 0.364 e.